The van der Waals surface area contributed by atoms with Gasteiger partial charge in [0.15, 0.2) is 0 Å². The molecule has 1 aliphatic carbocycles. The molecule has 4 nitrogen and oxygen atoms in total. The second-order valence-electron chi connectivity index (χ2n) is 8.51. The molecule has 8 heteroatoms. The molecule has 182 valence electrons. The number of aromatic nitrogens is 1. The maximum Gasteiger partial charge on any atom is 0.431 e. The van der Waals surface area contributed by atoms with Crippen molar-refractivity contribution in [3.05, 3.63) is 83.7 Å². The quantitative estimate of drug-likeness (QED) is 0.436. The number of carbonyl (C=O) groups excluding carboxylic acids is 1. The lowest BCUT2D eigenvalue weighted by atomic mass is 10.0. The van der Waals surface area contributed by atoms with Crippen molar-refractivity contribution in [2.24, 2.45) is 5.92 Å². The van der Waals surface area contributed by atoms with Crippen molar-refractivity contribution in [1.82, 2.24) is 9.47 Å². The fraction of sp³-hybridized carbons (Fsp3) is 0.346. The number of halogens is 4. The minimum Gasteiger partial charge on any atom is -0.393 e. The summed E-state index contributed by atoms with van der Waals surface area (Å²) in [5.41, 5.74) is 0.0593. The average Bonchev–Trinajstić information content (AvgIpc) is 3.36. The maximum absolute atomic E-state index is 14.1. The first kappa shape index (κ1) is 25.8. The summed E-state index contributed by atoms with van der Waals surface area (Å²) in [6.07, 6.45) is 1.52. The Kier molecular flexibility index (Phi) is 8.10. The highest BCUT2D eigenvalue weighted by Crippen LogP contribution is 2.38. The van der Waals surface area contributed by atoms with E-state index >= 15 is 0 Å². The summed E-state index contributed by atoms with van der Waals surface area (Å²) in [7, 11) is 1.55. The summed E-state index contributed by atoms with van der Waals surface area (Å²) in [5, 5.41) is 10.6. The molecule has 1 amide bonds. The monoisotopic (exact) mass is 492 g/mol. The maximum atomic E-state index is 14.1. The van der Waals surface area contributed by atoms with Crippen LogP contribution in [0, 0.1) is 5.92 Å². The van der Waals surface area contributed by atoms with Crippen molar-refractivity contribution in [2.45, 2.75) is 38.1 Å². The van der Waals surface area contributed by atoms with Gasteiger partial charge < -0.3 is 14.6 Å². The SMILES string of the molecule is C=C/C=C(\C=C)Cn1c(C(F)(F)F)cc(-c2ccc(Cl)cc2)c1C(=O)N(C)CC1CCCC1O. The molecule has 0 spiro atoms. The highest BCUT2D eigenvalue weighted by atomic mass is 35.5. The number of benzene rings is 1. The smallest absolute Gasteiger partial charge is 0.393 e. The Bertz CT molecular complexity index is 1090. The van der Waals surface area contributed by atoms with Crippen LogP contribution in [0.1, 0.15) is 35.4 Å². The fourth-order valence-electron chi connectivity index (χ4n) is 4.39. The Hall–Kier alpha value is -2.77. The molecule has 0 radical (unpaired) electrons. The van der Waals surface area contributed by atoms with E-state index in [1.165, 1.54) is 17.1 Å². The van der Waals surface area contributed by atoms with Crippen LogP contribution < -0.4 is 0 Å². The number of amides is 1. The predicted molar refractivity (Wildman–Crippen MR) is 129 cm³/mol. The Morgan fingerprint density at radius 3 is 2.47 bits per heavy atom. The Labute approximate surface area is 202 Å². The van der Waals surface area contributed by atoms with E-state index < -0.39 is 23.9 Å². The molecule has 2 unspecified atom stereocenters. The zero-order valence-electron chi connectivity index (χ0n) is 19.0. The highest BCUT2D eigenvalue weighted by Gasteiger charge is 2.39. The molecular formula is C26H28ClF3N2O2. The van der Waals surface area contributed by atoms with Crippen LogP contribution in [0.2, 0.25) is 5.02 Å². The second-order valence-corrected chi connectivity index (χ2v) is 8.94. The first-order chi connectivity index (χ1) is 16.1. The molecule has 34 heavy (non-hydrogen) atoms. The minimum atomic E-state index is -4.69. The molecule has 1 saturated carbocycles. The van der Waals surface area contributed by atoms with Crippen LogP contribution in [-0.2, 0) is 12.7 Å². The number of hydrogen-bond acceptors (Lipinski definition) is 2. The number of alkyl halides is 3. The van der Waals surface area contributed by atoms with Crippen molar-refractivity contribution in [2.75, 3.05) is 13.6 Å². The van der Waals surface area contributed by atoms with Crippen LogP contribution >= 0.6 is 11.6 Å². The molecule has 3 rings (SSSR count). The molecule has 1 fully saturated rings. The van der Waals surface area contributed by atoms with E-state index in [9.17, 15) is 23.1 Å². The summed E-state index contributed by atoms with van der Waals surface area (Å²) in [5.74, 6) is -0.663. The Morgan fingerprint density at radius 2 is 1.94 bits per heavy atom. The first-order valence-corrected chi connectivity index (χ1v) is 11.4. The zero-order valence-corrected chi connectivity index (χ0v) is 19.7. The van der Waals surface area contributed by atoms with Gasteiger partial charge in [-0.3, -0.25) is 4.79 Å². The van der Waals surface area contributed by atoms with Crippen molar-refractivity contribution in [1.29, 1.82) is 0 Å². The van der Waals surface area contributed by atoms with Gasteiger partial charge in [0.1, 0.15) is 11.4 Å². The molecule has 1 N–H and O–H groups in total. The topological polar surface area (TPSA) is 45.5 Å². The molecule has 1 aliphatic rings. The number of carbonyl (C=O) groups is 1. The number of aliphatic hydroxyl groups excluding tert-OH is 1. The number of rotatable bonds is 8. The van der Waals surface area contributed by atoms with E-state index in [4.69, 9.17) is 11.6 Å². The highest BCUT2D eigenvalue weighted by molar-refractivity contribution is 6.30. The minimum absolute atomic E-state index is 0.0820. The van der Waals surface area contributed by atoms with Crippen LogP contribution in [0.4, 0.5) is 13.2 Å². The van der Waals surface area contributed by atoms with Gasteiger partial charge >= 0.3 is 6.18 Å². The van der Waals surface area contributed by atoms with Crippen LogP contribution in [0.25, 0.3) is 11.1 Å². The molecule has 0 aliphatic heterocycles. The van der Waals surface area contributed by atoms with Gasteiger partial charge in [0.2, 0.25) is 0 Å². The summed E-state index contributed by atoms with van der Waals surface area (Å²) < 4.78 is 43.4. The molecular weight excluding hydrogens is 465 g/mol. The Morgan fingerprint density at radius 1 is 1.26 bits per heavy atom. The third-order valence-corrected chi connectivity index (χ3v) is 6.41. The van der Waals surface area contributed by atoms with Crippen LogP contribution in [0.3, 0.4) is 0 Å². The van der Waals surface area contributed by atoms with Gasteiger partial charge in [-0.25, -0.2) is 0 Å². The van der Waals surface area contributed by atoms with Gasteiger partial charge in [-0.15, -0.1) is 0 Å². The van der Waals surface area contributed by atoms with Crippen molar-refractivity contribution in [3.63, 3.8) is 0 Å². The lowest BCUT2D eigenvalue weighted by Gasteiger charge is -2.25. The van der Waals surface area contributed by atoms with Gasteiger partial charge in [-0.2, -0.15) is 13.2 Å². The molecule has 1 aromatic carbocycles. The molecule has 0 bridgehead atoms. The van der Waals surface area contributed by atoms with E-state index in [-0.39, 0.29) is 30.3 Å². The van der Waals surface area contributed by atoms with Crippen LogP contribution in [0.5, 0.6) is 0 Å². The molecule has 2 aromatic rings. The standard InChI is InChI=1S/C26H28ClF3N2O2/c1-4-7-17(5-2)15-32-23(26(28,29)30)14-21(18-10-12-20(27)13-11-18)24(32)25(34)31(3)16-19-8-6-9-22(19)33/h4-5,7,10-14,19,22,33H,1-2,6,8-9,15-16H2,3H3/b17-7+. The predicted octanol–water partition coefficient (Wildman–Crippen LogP) is 6.36. The third-order valence-electron chi connectivity index (χ3n) is 6.15. The molecule has 1 aromatic heterocycles. The number of allylic oxidation sites excluding steroid dienone is 4. The van der Waals surface area contributed by atoms with Crippen LogP contribution in [-0.4, -0.2) is 40.2 Å². The average molecular weight is 493 g/mol. The molecule has 2 atom stereocenters. The van der Waals surface area contributed by atoms with Gasteiger partial charge in [0.25, 0.3) is 5.91 Å². The normalized spacial score (nSPS) is 18.7. The molecule has 0 saturated heterocycles. The number of hydrogen-bond donors (Lipinski definition) is 1. The van der Waals surface area contributed by atoms with Crippen molar-refractivity contribution in [3.8, 4) is 11.1 Å². The zero-order chi connectivity index (χ0) is 25.0. The summed E-state index contributed by atoms with van der Waals surface area (Å²) >= 11 is 5.98. The number of nitrogens with zero attached hydrogens (tertiary/aromatic N) is 2. The Balaban J connectivity index is 2.17. The van der Waals surface area contributed by atoms with E-state index in [1.807, 2.05) is 0 Å². The van der Waals surface area contributed by atoms with Crippen LogP contribution in [0.15, 0.2) is 67.3 Å². The summed E-state index contributed by atoms with van der Waals surface area (Å²) in [4.78, 5) is 15.1. The number of aliphatic hydroxyl groups is 1. The largest absolute Gasteiger partial charge is 0.431 e. The van der Waals surface area contributed by atoms with Crippen molar-refractivity contribution < 1.29 is 23.1 Å². The van der Waals surface area contributed by atoms with Gasteiger partial charge in [-0.05, 0) is 42.2 Å². The first-order valence-electron chi connectivity index (χ1n) is 11.0. The summed E-state index contributed by atoms with van der Waals surface area (Å²) in [6, 6.07) is 7.33. The van der Waals surface area contributed by atoms with E-state index in [0.717, 1.165) is 23.5 Å². The summed E-state index contributed by atoms with van der Waals surface area (Å²) in [6.45, 7) is 7.33. The fourth-order valence-corrected chi connectivity index (χ4v) is 4.52. The van der Waals surface area contributed by atoms with E-state index in [0.29, 0.717) is 22.6 Å². The van der Waals surface area contributed by atoms with Gasteiger partial charge in [0, 0.05) is 36.6 Å². The third kappa shape index (κ3) is 5.65. The molecule has 1 heterocycles. The lowest BCUT2D eigenvalue weighted by molar-refractivity contribution is -0.143. The lowest BCUT2D eigenvalue weighted by Crippen LogP contribution is -2.36. The van der Waals surface area contributed by atoms with E-state index in [2.05, 4.69) is 13.2 Å². The second kappa shape index (κ2) is 10.7. The van der Waals surface area contributed by atoms with Gasteiger partial charge in [-0.1, -0.05) is 61.5 Å². The van der Waals surface area contributed by atoms with E-state index in [1.54, 1.807) is 37.4 Å². The van der Waals surface area contributed by atoms with Crippen molar-refractivity contribution >= 4 is 17.5 Å². The van der Waals surface area contributed by atoms with Gasteiger partial charge in [0.05, 0.1) is 6.10 Å².